The molecule has 21 heavy (non-hydrogen) atoms. The number of nitrogens with zero attached hydrogens (tertiary/aromatic N) is 2. The van der Waals surface area contributed by atoms with Gasteiger partial charge in [-0.05, 0) is 30.3 Å². The Bertz CT molecular complexity index is 794. The maximum absolute atomic E-state index is 11.3. The smallest absolute Gasteiger partial charge is 0.153 e. The van der Waals surface area contributed by atoms with Crippen molar-refractivity contribution < 1.29 is 4.79 Å². The highest BCUT2D eigenvalue weighted by atomic mass is 35.5. The zero-order chi connectivity index (χ0) is 14.8. The average Bonchev–Trinajstić information content (AvgIpc) is 2.92. The molecule has 0 radical (unpaired) electrons. The van der Waals surface area contributed by atoms with Gasteiger partial charge in [-0.1, -0.05) is 41.4 Å². The highest BCUT2D eigenvalue weighted by molar-refractivity contribution is 6.33. The van der Waals surface area contributed by atoms with Crippen LogP contribution in [0.15, 0.2) is 54.7 Å². The lowest BCUT2D eigenvalue weighted by atomic mass is 10.1. The van der Waals surface area contributed by atoms with E-state index in [1.54, 1.807) is 29.1 Å². The van der Waals surface area contributed by atoms with Gasteiger partial charge in [-0.25, -0.2) is 4.68 Å². The van der Waals surface area contributed by atoms with Crippen LogP contribution in [0.1, 0.15) is 10.4 Å². The Morgan fingerprint density at radius 1 is 1.00 bits per heavy atom. The van der Waals surface area contributed by atoms with E-state index in [9.17, 15) is 4.79 Å². The highest BCUT2D eigenvalue weighted by Crippen LogP contribution is 2.29. The zero-order valence-electron chi connectivity index (χ0n) is 10.8. The Morgan fingerprint density at radius 3 is 2.38 bits per heavy atom. The van der Waals surface area contributed by atoms with Crippen LogP contribution in [0.5, 0.6) is 0 Å². The Balaban J connectivity index is 2.13. The van der Waals surface area contributed by atoms with Gasteiger partial charge in [-0.2, -0.15) is 5.10 Å². The molecule has 3 rings (SSSR count). The van der Waals surface area contributed by atoms with Crippen molar-refractivity contribution in [1.29, 1.82) is 0 Å². The summed E-state index contributed by atoms with van der Waals surface area (Å²) in [6, 6.07) is 14.5. The summed E-state index contributed by atoms with van der Waals surface area (Å²) >= 11 is 12.1. The van der Waals surface area contributed by atoms with Crippen molar-refractivity contribution in [2.24, 2.45) is 0 Å². The van der Waals surface area contributed by atoms with E-state index < -0.39 is 0 Å². The maximum atomic E-state index is 11.3. The van der Waals surface area contributed by atoms with Crippen LogP contribution in [-0.4, -0.2) is 16.1 Å². The molecule has 1 heterocycles. The second kappa shape index (κ2) is 5.72. The van der Waals surface area contributed by atoms with Gasteiger partial charge < -0.3 is 0 Å². The van der Waals surface area contributed by atoms with Crippen LogP contribution in [0.3, 0.4) is 0 Å². The van der Waals surface area contributed by atoms with Crippen molar-refractivity contribution in [1.82, 2.24) is 9.78 Å². The molecule has 0 bridgehead atoms. The van der Waals surface area contributed by atoms with Gasteiger partial charge in [0.25, 0.3) is 0 Å². The molecule has 0 aliphatic carbocycles. The molecule has 0 aliphatic rings. The fourth-order valence-electron chi connectivity index (χ4n) is 2.06. The summed E-state index contributed by atoms with van der Waals surface area (Å²) in [6.07, 6.45) is 2.45. The summed E-state index contributed by atoms with van der Waals surface area (Å²) < 4.78 is 1.64. The topological polar surface area (TPSA) is 34.9 Å². The van der Waals surface area contributed by atoms with Crippen LogP contribution >= 0.6 is 23.2 Å². The van der Waals surface area contributed by atoms with Crippen molar-refractivity contribution in [2.45, 2.75) is 0 Å². The third-order valence-corrected chi connectivity index (χ3v) is 3.67. The SMILES string of the molecule is O=Cc1cn(-c2ccc(Cl)cc2)nc1-c1ccccc1Cl. The van der Waals surface area contributed by atoms with Crippen LogP contribution < -0.4 is 0 Å². The molecule has 0 spiro atoms. The van der Waals surface area contributed by atoms with Gasteiger partial charge in [-0.3, -0.25) is 4.79 Å². The van der Waals surface area contributed by atoms with E-state index in [0.717, 1.165) is 17.5 Å². The molecule has 0 aliphatic heterocycles. The molecule has 5 heteroatoms. The van der Waals surface area contributed by atoms with Gasteiger partial charge in [0, 0.05) is 16.8 Å². The van der Waals surface area contributed by atoms with Crippen LogP contribution in [0.2, 0.25) is 10.0 Å². The Morgan fingerprint density at radius 2 is 1.71 bits per heavy atom. The monoisotopic (exact) mass is 316 g/mol. The Labute approximate surface area is 131 Å². The first-order valence-electron chi connectivity index (χ1n) is 6.25. The lowest BCUT2D eigenvalue weighted by molar-refractivity contribution is 0.112. The van der Waals surface area contributed by atoms with Gasteiger partial charge in [0.2, 0.25) is 0 Å². The van der Waals surface area contributed by atoms with E-state index in [1.165, 1.54) is 0 Å². The Hall–Kier alpha value is -2.10. The normalized spacial score (nSPS) is 10.6. The molecule has 0 saturated heterocycles. The van der Waals surface area contributed by atoms with E-state index in [2.05, 4.69) is 5.10 Å². The molecule has 2 aromatic carbocycles. The molecule has 0 amide bonds. The third kappa shape index (κ3) is 2.71. The van der Waals surface area contributed by atoms with Gasteiger partial charge in [0.15, 0.2) is 6.29 Å². The minimum absolute atomic E-state index is 0.484. The van der Waals surface area contributed by atoms with E-state index in [-0.39, 0.29) is 0 Å². The number of benzene rings is 2. The molecule has 3 nitrogen and oxygen atoms in total. The van der Waals surface area contributed by atoms with Gasteiger partial charge >= 0.3 is 0 Å². The summed E-state index contributed by atoms with van der Waals surface area (Å²) in [7, 11) is 0. The number of hydrogen-bond donors (Lipinski definition) is 0. The standard InChI is InChI=1S/C16H10Cl2N2O/c17-12-5-7-13(8-6-12)20-9-11(10-21)16(19-20)14-3-1-2-4-15(14)18/h1-10H. The molecule has 3 aromatic rings. The summed E-state index contributed by atoms with van der Waals surface area (Å²) in [6.45, 7) is 0. The van der Waals surface area contributed by atoms with Crippen LogP contribution in [0.25, 0.3) is 16.9 Å². The van der Waals surface area contributed by atoms with Crippen LogP contribution in [0, 0.1) is 0 Å². The minimum Gasteiger partial charge on any atom is -0.298 e. The molecule has 0 atom stereocenters. The fourth-order valence-corrected chi connectivity index (χ4v) is 2.41. The lowest BCUT2D eigenvalue weighted by Crippen LogP contribution is -1.94. The molecular formula is C16H10Cl2N2O. The predicted molar refractivity (Wildman–Crippen MR) is 84.4 cm³/mol. The summed E-state index contributed by atoms with van der Waals surface area (Å²) in [4.78, 5) is 11.3. The van der Waals surface area contributed by atoms with Crippen molar-refractivity contribution in [3.63, 3.8) is 0 Å². The van der Waals surface area contributed by atoms with E-state index in [4.69, 9.17) is 23.2 Å². The first kappa shape index (κ1) is 13.9. The minimum atomic E-state index is 0.484. The predicted octanol–water partition coefficient (Wildman–Crippen LogP) is 4.66. The molecule has 1 aromatic heterocycles. The van der Waals surface area contributed by atoms with E-state index in [0.29, 0.717) is 21.3 Å². The highest BCUT2D eigenvalue weighted by Gasteiger charge is 2.14. The first-order valence-corrected chi connectivity index (χ1v) is 7.00. The molecule has 0 N–H and O–H groups in total. The lowest BCUT2D eigenvalue weighted by Gasteiger charge is -2.02. The van der Waals surface area contributed by atoms with Crippen molar-refractivity contribution >= 4 is 29.5 Å². The number of hydrogen-bond acceptors (Lipinski definition) is 2. The van der Waals surface area contributed by atoms with E-state index >= 15 is 0 Å². The molecule has 0 saturated carbocycles. The number of carbonyl (C=O) groups is 1. The van der Waals surface area contributed by atoms with Gasteiger partial charge in [0.1, 0.15) is 5.69 Å². The molecule has 0 fully saturated rings. The van der Waals surface area contributed by atoms with E-state index in [1.807, 2.05) is 30.3 Å². The summed E-state index contributed by atoms with van der Waals surface area (Å²) in [5, 5.41) is 5.67. The number of aromatic nitrogens is 2. The second-order valence-corrected chi connectivity index (χ2v) is 5.30. The maximum Gasteiger partial charge on any atom is 0.153 e. The number of rotatable bonds is 3. The van der Waals surface area contributed by atoms with Gasteiger partial charge in [0.05, 0.1) is 16.3 Å². The molecule has 104 valence electrons. The van der Waals surface area contributed by atoms with Crippen molar-refractivity contribution in [3.8, 4) is 16.9 Å². The molecular weight excluding hydrogens is 307 g/mol. The zero-order valence-corrected chi connectivity index (χ0v) is 12.3. The fraction of sp³-hybridized carbons (Fsp3) is 0. The summed E-state index contributed by atoms with van der Waals surface area (Å²) in [5.74, 6) is 0. The number of aldehydes is 1. The summed E-state index contributed by atoms with van der Waals surface area (Å²) in [5.41, 5.74) is 2.60. The quantitative estimate of drug-likeness (QED) is 0.659. The Kier molecular flexibility index (Phi) is 3.78. The second-order valence-electron chi connectivity index (χ2n) is 4.45. The number of halogens is 2. The number of carbonyl (C=O) groups excluding carboxylic acids is 1. The molecule has 0 unspecified atom stereocenters. The van der Waals surface area contributed by atoms with Crippen LogP contribution in [-0.2, 0) is 0 Å². The van der Waals surface area contributed by atoms with Crippen molar-refractivity contribution in [3.05, 3.63) is 70.3 Å². The van der Waals surface area contributed by atoms with Crippen LogP contribution in [0.4, 0.5) is 0 Å². The van der Waals surface area contributed by atoms with Crippen molar-refractivity contribution in [2.75, 3.05) is 0 Å². The average molecular weight is 317 g/mol. The first-order chi connectivity index (χ1) is 10.2. The third-order valence-electron chi connectivity index (χ3n) is 3.09. The largest absolute Gasteiger partial charge is 0.298 e. The van der Waals surface area contributed by atoms with Gasteiger partial charge in [-0.15, -0.1) is 0 Å².